The van der Waals surface area contributed by atoms with Gasteiger partial charge in [0.15, 0.2) is 18.5 Å². The van der Waals surface area contributed by atoms with Gasteiger partial charge in [-0.1, -0.05) is 12.1 Å². The fraction of sp³-hybridized carbons (Fsp3) is 0.481. The van der Waals surface area contributed by atoms with Gasteiger partial charge in [0.1, 0.15) is 65.4 Å². The number of aliphatic hydroxyl groups excluding tert-OH is 6. The minimum Gasteiger partial charge on any atom is -0.508 e. The topological polar surface area (TPSA) is 228 Å². The van der Waals surface area contributed by atoms with Gasteiger partial charge in [0.05, 0.1) is 18.3 Å². The van der Waals surface area contributed by atoms with E-state index in [1.54, 1.807) is 0 Å². The highest BCUT2D eigenvalue weighted by molar-refractivity contribution is 5.69. The zero-order valence-electron chi connectivity index (χ0n) is 21.7. The summed E-state index contributed by atoms with van der Waals surface area (Å²) in [5.41, 5.74) is 0.601. The van der Waals surface area contributed by atoms with Crippen LogP contribution in [0.3, 0.4) is 0 Å². The fourth-order valence-corrected chi connectivity index (χ4v) is 4.93. The first-order valence-corrected chi connectivity index (χ1v) is 12.9. The minimum atomic E-state index is -1.75. The number of hydrogen-bond donors (Lipinski definition) is 9. The third-order valence-electron chi connectivity index (χ3n) is 7.27. The smallest absolute Gasteiger partial charge is 0.229 e. The lowest BCUT2D eigenvalue weighted by atomic mass is 9.97. The highest BCUT2D eigenvalue weighted by Crippen LogP contribution is 2.45. The maximum atomic E-state index is 10.9. The molecule has 14 heteroatoms. The number of fused-ring (bicyclic) bond motifs is 1. The minimum absolute atomic E-state index is 0.00278. The highest BCUT2D eigenvalue weighted by Gasteiger charge is 2.51. The molecular weight excluding hydrogens is 548 g/mol. The zero-order valence-corrected chi connectivity index (χ0v) is 21.7. The normalized spacial score (nSPS) is 37.0. The number of rotatable bonds is 6. The first-order chi connectivity index (χ1) is 19.5. The van der Waals surface area contributed by atoms with Gasteiger partial charge in [-0.05, 0) is 25.1 Å². The van der Waals surface area contributed by atoms with Crippen LogP contribution >= 0.6 is 0 Å². The summed E-state index contributed by atoms with van der Waals surface area (Å²) in [5.74, 6) is -0.521. The average molecular weight is 581 g/mol. The largest absolute Gasteiger partial charge is 0.508 e. The van der Waals surface area contributed by atoms with Gasteiger partial charge in [0.2, 0.25) is 6.29 Å². The molecule has 224 valence electrons. The quantitative estimate of drug-likeness (QED) is 0.199. The predicted octanol–water partition coefficient (Wildman–Crippen LogP) is -1.05. The lowest BCUT2D eigenvalue weighted by Gasteiger charge is -2.46. The molecule has 14 nitrogen and oxygen atoms in total. The number of hydrogen-bond acceptors (Lipinski definition) is 14. The Kier molecular flexibility index (Phi) is 8.29. The van der Waals surface area contributed by atoms with Crippen molar-refractivity contribution in [2.45, 2.75) is 74.4 Å². The zero-order chi connectivity index (χ0) is 29.6. The van der Waals surface area contributed by atoms with E-state index in [0.29, 0.717) is 5.56 Å². The van der Waals surface area contributed by atoms with Crippen molar-refractivity contribution in [1.82, 2.24) is 0 Å². The summed E-state index contributed by atoms with van der Waals surface area (Å²) in [4.78, 5) is 0. The van der Waals surface area contributed by atoms with E-state index < -0.39 is 74.1 Å². The molecule has 0 radical (unpaired) electrons. The monoisotopic (exact) mass is 580 g/mol. The SMILES string of the molecule is CC1OC(OC2C(OC3=Cc4c(O)cc(O)cc4OC3c3ccc(O)cc3)OC(CO)C(O)C2O)C(O)C(O)C1O. The van der Waals surface area contributed by atoms with Crippen LogP contribution in [-0.2, 0) is 18.9 Å². The molecule has 2 aromatic carbocycles. The molecule has 3 heterocycles. The Hall–Kier alpha value is -3.18. The number of ether oxygens (including phenoxy) is 5. The van der Waals surface area contributed by atoms with Gasteiger partial charge in [-0.25, -0.2) is 0 Å². The highest BCUT2D eigenvalue weighted by atomic mass is 16.8. The molecule has 0 spiro atoms. The van der Waals surface area contributed by atoms with Gasteiger partial charge >= 0.3 is 0 Å². The first kappa shape index (κ1) is 29.3. The Balaban J connectivity index is 1.50. The van der Waals surface area contributed by atoms with Gasteiger partial charge in [-0.3, -0.25) is 0 Å². The standard InChI is InChI=1S/C27H32O14/c1-10-19(32)21(34)23(36)26(37-10)41-25-22(35)20(33)18(9-28)40-27(25)39-17-8-14-15(31)6-13(30)7-16(14)38-24(17)11-2-4-12(29)5-3-11/h2-8,10,18-36H,9H2,1H3. The molecule has 0 amide bonds. The van der Waals surface area contributed by atoms with Gasteiger partial charge in [-0.15, -0.1) is 0 Å². The van der Waals surface area contributed by atoms with E-state index in [1.165, 1.54) is 43.3 Å². The van der Waals surface area contributed by atoms with Crippen LogP contribution in [0.5, 0.6) is 23.0 Å². The van der Waals surface area contributed by atoms with Crippen molar-refractivity contribution in [2.75, 3.05) is 6.61 Å². The number of aromatic hydroxyl groups is 3. The maximum absolute atomic E-state index is 10.9. The van der Waals surface area contributed by atoms with Crippen LogP contribution in [0.25, 0.3) is 6.08 Å². The summed E-state index contributed by atoms with van der Waals surface area (Å²) < 4.78 is 29.1. The van der Waals surface area contributed by atoms with Crippen molar-refractivity contribution < 1.29 is 69.6 Å². The molecule has 0 saturated carbocycles. The fourth-order valence-electron chi connectivity index (χ4n) is 4.93. The number of benzene rings is 2. The molecule has 5 rings (SSSR count). The molecule has 11 unspecified atom stereocenters. The van der Waals surface area contributed by atoms with Crippen molar-refractivity contribution in [3.05, 3.63) is 53.3 Å². The van der Waals surface area contributed by atoms with Crippen molar-refractivity contribution in [1.29, 1.82) is 0 Å². The molecule has 3 aliphatic heterocycles. The van der Waals surface area contributed by atoms with E-state index in [9.17, 15) is 46.0 Å². The lowest BCUT2D eigenvalue weighted by Crippen LogP contribution is -2.64. The number of aliphatic hydroxyl groups is 6. The van der Waals surface area contributed by atoms with E-state index in [1.807, 2.05) is 0 Å². The van der Waals surface area contributed by atoms with Gasteiger partial charge in [0, 0.05) is 17.7 Å². The summed E-state index contributed by atoms with van der Waals surface area (Å²) in [6.07, 6.45) is -14.9. The van der Waals surface area contributed by atoms with Gasteiger partial charge in [0.25, 0.3) is 0 Å². The summed E-state index contributed by atoms with van der Waals surface area (Å²) in [6, 6.07) is 8.25. The Bertz CT molecular complexity index is 1250. The summed E-state index contributed by atoms with van der Waals surface area (Å²) in [6.45, 7) is 0.720. The van der Waals surface area contributed by atoms with Gasteiger partial charge in [-0.2, -0.15) is 0 Å². The van der Waals surface area contributed by atoms with Crippen LogP contribution in [0.4, 0.5) is 0 Å². The average Bonchev–Trinajstić information content (AvgIpc) is 2.94. The summed E-state index contributed by atoms with van der Waals surface area (Å²) >= 11 is 0. The number of phenols is 3. The van der Waals surface area contributed by atoms with Crippen LogP contribution in [0.2, 0.25) is 0 Å². The van der Waals surface area contributed by atoms with Crippen molar-refractivity contribution >= 4 is 6.08 Å². The van der Waals surface area contributed by atoms with Crippen molar-refractivity contribution in [3.63, 3.8) is 0 Å². The molecule has 41 heavy (non-hydrogen) atoms. The van der Waals surface area contributed by atoms with Crippen LogP contribution in [-0.4, -0.2) is 114 Å². The maximum Gasteiger partial charge on any atom is 0.229 e. The predicted molar refractivity (Wildman–Crippen MR) is 135 cm³/mol. The second-order valence-corrected chi connectivity index (χ2v) is 10.1. The Morgan fingerprint density at radius 1 is 0.780 bits per heavy atom. The number of phenolic OH excluding ortho intramolecular Hbond substituents is 3. The van der Waals surface area contributed by atoms with Gasteiger partial charge < -0.3 is 69.6 Å². The Morgan fingerprint density at radius 3 is 2.17 bits per heavy atom. The molecule has 2 saturated heterocycles. The van der Waals surface area contributed by atoms with E-state index >= 15 is 0 Å². The summed E-state index contributed by atoms with van der Waals surface area (Å²) in [7, 11) is 0. The molecule has 2 aromatic rings. The van der Waals surface area contributed by atoms with E-state index in [0.717, 1.165) is 6.07 Å². The van der Waals surface area contributed by atoms with E-state index in [-0.39, 0.29) is 34.3 Å². The molecule has 0 aromatic heterocycles. The lowest BCUT2D eigenvalue weighted by molar-refractivity contribution is -0.361. The molecule has 2 fully saturated rings. The molecule has 9 N–H and O–H groups in total. The first-order valence-electron chi connectivity index (χ1n) is 12.9. The molecular formula is C27H32O14. The molecule has 0 bridgehead atoms. The van der Waals surface area contributed by atoms with Crippen molar-refractivity contribution in [3.8, 4) is 23.0 Å². The second kappa shape index (κ2) is 11.6. The van der Waals surface area contributed by atoms with E-state index in [2.05, 4.69) is 0 Å². The van der Waals surface area contributed by atoms with Crippen LogP contribution in [0, 0.1) is 0 Å². The molecule has 0 aliphatic carbocycles. The van der Waals surface area contributed by atoms with E-state index in [4.69, 9.17) is 23.7 Å². The Labute approximate surface area is 233 Å². The van der Waals surface area contributed by atoms with Crippen LogP contribution in [0.1, 0.15) is 24.2 Å². The summed E-state index contributed by atoms with van der Waals surface area (Å²) in [5, 5.41) is 92.1. The Morgan fingerprint density at radius 2 is 1.49 bits per heavy atom. The van der Waals surface area contributed by atoms with Crippen LogP contribution < -0.4 is 4.74 Å². The second-order valence-electron chi connectivity index (χ2n) is 10.1. The third kappa shape index (κ3) is 5.66. The third-order valence-corrected chi connectivity index (χ3v) is 7.27. The molecule has 11 atom stereocenters. The van der Waals surface area contributed by atoms with Crippen LogP contribution in [0.15, 0.2) is 42.2 Å². The molecule has 3 aliphatic rings. The van der Waals surface area contributed by atoms with Crippen molar-refractivity contribution in [2.24, 2.45) is 0 Å².